The number of hydrogen-bond donors (Lipinski definition) is 0. The van der Waals surface area contributed by atoms with Crippen LogP contribution in [0.4, 0.5) is 4.39 Å². The average Bonchev–Trinajstić information content (AvgIpc) is 2.07. The van der Waals surface area contributed by atoms with Crippen molar-refractivity contribution in [2.24, 2.45) is 0 Å². The molecule has 0 fully saturated rings. The van der Waals surface area contributed by atoms with Crippen molar-refractivity contribution in [3.63, 3.8) is 0 Å². The zero-order chi connectivity index (χ0) is 9.42. The molecule has 3 nitrogen and oxygen atoms in total. The molecule has 0 spiro atoms. The second-order valence-corrected chi connectivity index (χ2v) is 2.94. The monoisotopic (exact) mass is 197 g/mol. The van der Waals surface area contributed by atoms with Gasteiger partial charge in [0.1, 0.15) is 16.5 Å². The van der Waals surface area contributed by atoms with Gasteiger partial charge in [0.15, 0.2) is 5.82 Å². The number of nitrogens with zero attached hydrogens (tertiary/aromatic N) is 3. The summed E-state index contributed by atoms with van der Waals surface area (Å²) < 4.78 is 13.1. The Labute approximate surface area is 78.6 Å². The normalized spacial score (nSPS) is 10.7. The van der Waals surface area contributed by atoms with Gasteiger partial charge in [-0.25, -0.2) is 14.4 Å². The fraction of sp³-hybridized carbons (Fsp3) is 0.125. The van der Waals surface area contributed by atoms with Crippen molar-refractivity contribution in [3.8, 4) is 0 Å². The zero-order valence-electron chi connectivity index (χ0n) is 6.75. The Morgan fingerprint density at radius 2 is 2.08 bits per heavy atom. The third-order valence-corrected chi connectivity index (χ3v) is 1.92. The summed E-state index contributed by atoms with van der Waals surface area (Å²) in [5.74, 6) is -0.0347. The van der Waals surface area contributed by atoms with Crippen molar-refractivity contribution in [2.75, 3.05) is 0 Å². The molecule has 0 amide bonds. The predicted octanol–water partition coefficient (Wildman–Crippen LogP) is 2.13. The molecular formula is C8H5ClFN3. The van der Waals surface area contributed by atoms with Crippen molar-refractivity contribution in [2.45, 2.75) is 6.92 Å². The molecule has 0 aliphatic heterocycles. The molecule has 0 bridgehead atoms. The van der Waals surface area contributed by atoms with Crippen molar-refractivity contribution in [1.82, 2.24) is 15.0 Å². The lowest BCUT2D eigenvalue weighted by molar-refractivity contribution is 0.630. The van der Waals surface area contributed by atoms with Gasteiger partial charge in [-0.05, 0) is 6.92 Å². The summed E-state index contributed by atoms with van der Waals surface area (Å²) >= 11 is 5.78. The second-order valence-electron chi connectivity index (χ2n) is 2.58. The summed E-state index contributed by atoms with van der Waals surface area (Å²) in [5.41, 5.74) is 0.215. The van der Waals surface area contributed by atoms with Gasteiger partial charge in [0.25, 0.3) is 0 Å². The number of halogens is 2. The minimum atomic E-state index is -0.482. The van der Waals surface area contributed by atoms with Crippen LogP contribution in [-0.4, -0.2) is 15.0 Å². The quantitative estimate of drug-likeness (QED) is 0.608. The van der Waals surface area contributed by atoms with Gasteiger partial charge in [0, 0.05) is 6.20 Å². The molecule has 0 aliphatic rings. The molecule has 2 heterocycles. The Kier molecular flexibility index (Phi) is 1.84. The van der Waals surface area contributed by atoms with Gasteiger partial charge >= 0.3 is 0 Å². The number of fused-ring (bicyclic) bond motifs is 1. The number of hydrogen-bond acceptors (Lipinski definition) is 3. The van der Waals surface area contributed by atoms with Gasteiger partial charge in [-0.1, -0.05) is 11.6 Å². The smallest absolute Gasteiger partial charge is 0.167 e. The van der Waals surface area contributed by atoms with Crippen LogP contribution in [0.15, 0.2) is 12.4 Å². The van der Waals surface area contributed by atoms with Crippen molar-refractivity contribution in [3.05, 3.63) is 29.2 Å². The highest BCUT2D eigenvalue weighted by atomic mass is 35.5. The molecule has 0 saturated heterocycles. The van der Waals surface area contributed by atoms with Crippen LogP contribution in [0.1, 0.15) is 5.82 Å². The SMILES string of the molecule is Cc1nc(Cl)c2cncc(F)c2n1. The van der Waals surface area contributed by atoms with E-state index in [2.05, 4.69) is 15.0 Å². The van der Waals surface area contributed by atoms with Crippen LogP contribution < -0.4 is 0 Å². The summed E-state index contributed by atoms with van der Waals surface area (Å²) in [6.45, 7) is 1.66. The molecule has 66 valence electrons. The summed E-state index contributed by atoms with van der Waals surface area (Å²) in [4.78, 5) is 11.5. The highest BCUT2D eigenvalue weighted by Crippen LogP contribution is 2.20. The van der Waals surface area contributed by atoms with Crippen molar-refractivity contribution < 1.29 is 4.39 Å². The molecule has 2 aromatic heterocycles. The third-order valence-electron chi connectivity index (χ3n) is 1.63. The third kappa shape index (κ3) is 1.33. The van der Waals surface area contributed by atoms with Gasteiger partial charge in [-0.2, -0.15) is 0 Å². The molecule has 0 atom stereocenters. The van der Waals surface area contributed by atoms with Crippen LogP contribution in [0, 0.1) is 12.7 Å². The molecule has 0 aromatic carbocycles. The summed E-state index contributed by atoms with van der Waals surface area (Å²) in [6.07, 6.45) is 2.55. The van der Waals surface area contributed by atoms with E-state index in [1.165, 1.54) is 6.20 Å². The van der Waals surface area contributed by atoms with E-state index in [1.807, 2.05) is 0 Å². The largest absolute Gasteiger partial charge is 0.261 e. The fourth-order valence-corrected chi connectivity index (χ4v) is 1.34. The summed E-state index contributed by atoms with van der Waals surface area (Å²) in [7, 11) is 0. The number of rotatable bonds is 0. The van der Waals surface area contributed by atoms with E-state index in [0.717, 1.165) is 6.20 Å². The van der Waals surface area contributed by atoms with E-state index in [1.54, 1.807) is 6.92 Å². The lowest BCUT2D eigenvalue weighted by atomic mass is 10.3. The van der Waals surface area contributed by atoms with Crippen molar-refractivity contribution >= 4 is 22.5 Å². The van der Waals surface area contributed by atoms with Crippen molar-refractivity contribution in [1.29, 1.82) is 0 Å². The molecular weight excluding hydrogens is 193 g/mol. The maximum atomic E-state index is 13.1. The first kappa shape index (κ1) is 8.31. The Morgan fingerprint density at radius 3 is 2.85 bits per heavy atom. The minimum absolute atomic E-state index is 0.215. The van der Waals surface area contributed by atoms with Gasteiger partial charge in [-0.15, -0.1) is 0 Å². The highest BCUT2D eigenvalue weighted by molar-refractivity contribution is 6.33. The second kappa shape index (κ2) is 2.88. The standard InChI is InChI=1S/C8H5ClFN3/c1-4-12-7-5(8(9)13-4)2-11-3-6(7)10/h2-3H,1H3. The number of aromatic nitrogens is 3. The van der Waals surface area contributed by atoms with Crippen LogP contribution in [0.2, 0.25) is 5.15 Å². The molecule has 0 unspecified atom stereocenters. The van der Waals surface area contributed by atoms with Crippen LogP contribution in [0.5, 0.6) is 0 Å². The maximum Gasteiger partial charge on any atom is 0.167 e. The van der Waals surface area contributed by atoms with Crippen LogP contribution >= 0.6 is 11.6 Å². The lowest BCUT2D eigenvalue weighted by Gasteiger charge is -2.00. The van der Waals surface area contributed by atoms with E-state index >= 15 is 0 Å². The Hall–Kier alpha value is -1.29. The number of aryl methyl sites for hydroxylation is 1. The van der Waals surface area contributed by atoms with E-state index in [0.29, 0.717) is 11.2 Å². The van der Waals surface area contributed by atoms with Gasteiger partial charge in [0.2, 0.25) is 0 Å². The summed E-state index contributed by atoms with van der Waals surface area (Å²) in [5, 5.41) is 0.668. The molecule has 0 aliphatic carbocycles. The molecule has 0 N–H and O–H groups in total. The summed E-state index contributed by atoms with van der Waals surface area (Å²) in [6, 6.07) is 0. The molecule has 2 rings (SSSR count). The Morgan fingerprint density at radius 1 is 1.31 bits per heavy atom. The zero-order valence-corrected chi connectivity index (χ0v) is 7.51. The van der Waals surface area contributed by atoms with E-state index in [-0.39, 0.29) is 10.7 Å². The van der Waals surface area contributed by atoms with Crippen LogP contribution in [0.25, 0.3) is 10.9 Å². The average molecular weight is 198 g/mol. The Bertz CT molecular complexity index is 472. The molecule has 5 heteroatoms. The minimum Gasteiger partial charge on any atom is -0.261 e. The number of pyridine rings is 1. The molecule has 2 aromatic rings. The van der Waals surface area contributed by atoms with Crippen LogP contribution in [0.3, 0.4) is 0 Å². The first-order chi connectivity index (χ1) is 6.18. The van der Waals surface area contributed by atoms with Gasteiger partial charge in [0.05, 0.1) is 11.6 Å². The molecule has 13 heavy (non-hydrogen) atoms. The lowest BCUT2D eigenvalue weighted by Crippen LogP contribution is -1.93. The first-order valence-electron chi connectivity index (χ1n) is 3.62. The van der Waals surface area contributed by atoms with Crippen LogP contribution in [-0.2, 0) is 0 Å². The Balaban J connectivity index is 2.94. The first-order valence-corrected chi connectivity index (χ1v) is 3.99. The molecule has 0 radical (unpaired) electrons. The van der Waals surface area contributed by atoms with Gasteiger partial charge in [-0.3, -0.25) is 4.98 Å². The fourth-order valence-electron chi connectivity index (χ4n) is 1.08. The molecule has 0 saturated carbocycles. The van der Waals surface area contributed by atoms with E-state index in [4.69, 9.17) is 11.6 Å². The topological polar surface area (TPSA) is 38.7 Å². The van der Waals surface area contributed by atoms with Gasteiger partial charge < -0.3 is 0 Å². The maximum absolute atomic E-state index is 13.1. The predicted molar refractivity (Wildman–Crippen MR) is 47.0 cm³/mol. The van der Waals surface area contributed by atoms with E-state index < -0.39 is 5.82 Å². The highest BCUT2D eigenvalue weighted by Gasteiger charge is 2.07. The van der Waals surface area contributed by atoms with E-state index in [9.17, 15) is 4.39 Å².